The minimum atomic E-state index is -0.102. The van der Waals surface area contributed by atoms with Gasteiger partial charge >= 0.3 is 6.03 Å². The third-order valence-corrected chi connectivity index (χ3v) is 5.13. The summed E-state index contributed by atoms with van der Waals surface area (Å²) in [6.07, 6.45) is 5.21. The normalized spacial score (nSPS) is 21.9. The number of benzene rings is 1. The van der Waals surface area contributed by atoms with E-state index in [-0.39, 0.29) is 23.5 Å². The van der Waals surface area contributed by atoms with Gasteiger partial charge in [0.1, 0.15) is 0 Å². The summed E-state index contributed by atoms with van der Waals surface area (Å²) in [5.74, 6) is 0.230. The molecule has 0 aromatic heterocycles. The number of anilines is 2. The van der Waals surface area contributed by atoms with Crippen molar-refractivity contribution >= 4 is 23.3 Å². The van der Waals surface area contributed by atoms with Gasteiger partial charge in [-0.3, -0.25) is 4.79 Å². The first-order valence-corrected chi connectivity index (χ1v) is 8.74. The highest BCUT2D eigenvalue weighted by atomic mass is 16.5. The number of nitrogens with zero attached hydrogens (tertiary/aromatic N) is 1. The molecule has 1 aromatic carbocycles. The molecule has 0 unspecified atom stereocenters. The highest BCUT2D eigenvalue weighted by Gasteiger charge is 2.43. The van der Waals surface area contributed by atoms with Crippen molar-refractivity contribution in [3.8, 4) is 0 Å². The van der Waals surface area contributed by atoms with Gasteiger partial charge in [0.15, 0.2) is 0 Å². The molecule has 4 rings (SSSR count). The third-order valence-electron chi connectivity index (χ3n) is 5.13. The number of carbonyl (C=O) groups excluding carboxylic acids is 2. The van der Waals surface area contributed by atoms with Crippen LogP contribution in [0.25, 0.3) is 0 Å². The quantitative estimate of drug-likeness (QED) is 0.896. The first-order valence-electron chi connectivity index (χ1n) is 8.74. The second kappa shape index (κ2) is 6.09. The lowest BCUT2D eigenvalue weighted by atomic mass is 9.79. The Labute approximate surface area is 141 Å². The van der Waals surface area contributed by atoms with Gasteiger partial charge in [-0.05, 0) is 50.3 Å². The number of morpholine rings is 1. The summed E-state index contributed by atoms with van der Waals surface area (Å²) < 4.78 is 5.85. The molecule has 1 heterocycles. The van der Waals surface area contributed by atoms with E-state index in [1.54, 1.807) is 6.07 Å². The summed E-state index contributed by atoms with van der Waals surface area (Å²) in [5.41, 5.74) is 1.32. The molecule has 1 aromatic rings. The Hall–Kier alpha value is -2.08. The molecule has 24 heavy (non-hydrogen) atoms. The number of nitrogens with one attached hydrogen (secondary N) is 2. The van der Waals surface area contributed by atoms with Crippen molar-refractivity contribution in [3.05, 3.63) is 24.3 Å². The van der Waals surface area contributed by atoms with Crippen molar-refractivity contribution in [2.75, 3.05) is 30.3 Å². The molecule has 3 fully saturated rings. The Morgan fingerprint density at radius 1 is 1.17 bits per heavy atom. The van der Waals surface area contributed by atoms with E-state index in [1.807, 2.05) is 23.1 Å². The lowest BCUT2D eigenvalue weighted by Crippen LogP contribution is -2.57. The molecule has 1 aliphatic heterocycles. The number of carbonyl (C=O) groups is 2. The van der Waals surface area contributed by atoms with Crippen LogP contribution in [0.1, 0.15) is 32.1 Å². The maximum absolute atomic E-state index is 12.5. The summed E-state index contributed by atoms with van der Waals surface area (Å²) in [6, 6.07) is 7.22. The average Bonchev–Trinajstić information content (AvgIpc) is 3.39. The van der Waals surface area contributed by atoms with Gasteiger partial charge in [-0.25, -0.2) is 4.79 Å². The second-order valence-corrected chi connectivity index (χ2v) is 7.08. The molecule has 2 N–H and O–H groups in total. The van der Waals surface area contributed by atoms with Gasteiger partial charge in [0, 0.05) is 23.8 Å². The van der Waals surface area contributed by atoms with Crippen LogP contribution in [0.5, 0.6) is 0 Å². The van der Waals surface area contributed by atoms with E-state index in [0.717, 1.165) is 31.4 Å². The van der Waals surface area contributed by atoms with Crippen molar-refractivity contribution < 1.29 is 14.3 Å². The molecular weight excluding hydrogens is 306 g/mol. The highest BCUT2D eigenvalue weighted by molar-refractivity contribution is 5.95. The number of hydrogen-bond donors (Lipinski definition) is 2. The first-order chi connectivity index (χ1) is 11.6. The molecule has 2 saturated carbocycles. The fourth-order valence-corrected chi connectivity index (χ4v) is 3.36. The topological polar surface area (TPSA) is 70.7 Å². The van der Waals surface area contributed by atoms with E-state index >= 15 is 0 Å². The Balaban J connectivity index is 1.37. The maximum Gasteiger partial charge on any atom is 0.322 e. The Morgan fingerprint density at radius 3 is 2.58 bits per heavy atom. The molecule has 6 heteroatoms. The van der Waals surface area contributed by atoms with Gasteiger partial charge in [-0.15, -0.1) is 0 Å². The van der Waals surface area contributed by atoms with Crippen LogP contribution in [0.15, 0.2) is 24.3 Å². The van der Waals surface area contributed by atoms with Crippen molar-refractivity contribution in [1.29, 1.82) is 0 Å². The lowest BCUT2D eigenvalue weighted by molar-refractivity contribution is -0.140. The van der Waals surface area contributed by atoms with E-state index in [2.05, 4.69) is 10.6 Å². The molecule has 128 valence electrons. The lowest BCUT2D eigenvalue weighted by Gasteiger charge is -2.48. The molecule has 0 atom stereocenters. The Morgan fingerprint density at radius 2 is 1.92 bits per heavy atom. The van der Waals surface area contributed by atoms with Crippen molar-refractivity contribution in [2.24, 2.45) is 5.92 Å². The number of rotatable bonds is 3. The first kappa shape index (κ1) is 15.4. The third kappa shape index (κ3) is 3.24. The predicted molar refractivity (Wildman–Crippen MR) is 90.9 cm³/mol. The van der Waals surface area contributed by atoms with E-state index in [0.29, 0.717) is 25.4 Å². The van der Waals surface area contributed by atoms with Crippen LogP contribution in [-0.2, 0) is 9.53 Å². The Bertz CT molecular complexity index is 653. The van der Waals surface area contributed by atoms with Crippen molar-refractivity contribution in [1.82, 2.24) is 4.90 Å². The molecule has 3 aliphatic rings. The van der Waals surface area contributed by atoms with Crippen LogP contribution in [0.4, 0.5) is 16.2 Å². The summed E-state index contributed by atoms with van der Waals surface area (Å²) in [4.78, 5) is 26.2. The highest BCUT2D eigenvalue weighted by Crippen LogP contribution is 2.38. The summed E-state index contributed by atoms with van der Waals surface area (Å²) in [6.45, 7) is 1.88. The largest absolute Gasteiger partial charge is 0.371 e. The van der Waals surface area contributed by atoms with Gasteiger partial charge in [-0.2, -0.15) is 0 Å². The van der Waals surface area contributed by atoms with Crippen LogP contribution in [-0.4, -0.2) is 42.1 Å². The summed E-state index contributed by atoms with van der Waals surface area (Å²) in [5, 5.41) is 5.84. The molecule has 0 radical (unpaired) electrons. The van der Waals surface area contributed by atoms with Crippen LogP contribution >= 0.6 is 0 Å². The minimum Gasteiger partial charge on any atom is -0.371 e. The van der Waals surface area contributed by atoms with Gasteiger partial charge in [-0.1, -0.05) is 6.07 Å². The van der Waals surface area contributed by atoms with E-state index in [4.69, 9.17) is 4.74 Å². The van der Waals surface area contributed by atoms with E-state index in [1.165, 1.54) is 6.42 Å². The minimum absolute atomic E-state index is 0.0681. The molecule has 1 spiro atoms. The zero-order valence-electron chi connectivity index (χ0n) is 13.7. The Kier molecular flexibility index (Phi) is 3.92. The summed E-state index contributed by atoms with van der Waals surface area (Å²) >= 11 is 0. The van der Waals surface area contributed by atoms with Gasteiger partial charge in [0.25, 0.3) is 0 Å². The molecule has 1 saturated heterocycles. The number of amides is 3. The maximum atomic E-state index is 12.5. The fourth-order valence-electron chi connectivity index (χ4n) is 3.36. The second-order valence-electron chi connectivity index (χ2n) is 7.08. The SMILES string of the molecule is O=C(Nc1cccc(NC(=O)N2CCOC3(CCC3)C2)c1)C1CC1. The van der Waals surface area contributed by atoms with E-state index in [9.17, 15) is 9.59 Å². The number of hydrogen-bond acceptors (Lipinski definition) is 3. The summed E-state index contributed by atoms with van der Waals surface area (Å²) in [7, 11) is 0. The van der Waals surface area contributed by atoms with Gasteiger partial charge in [0.05, 0.1) is 18.8 Å². The molecule has 3 amide bonds. The smallest absolute Gasteiger partial charge is 0.322 e. The number of urea groups is 1. The van der Waals surface area contributed by atoms with Crippen molar-refractivity contribution in [3.63, 3.8) is 0 Å². The van der Waals surface area contributed by atoms with Crippen LogP contribution < -0.4 is 10.6 Å². The average molecular weight is 329 g/mol. The van der Waals surface area contributed by atoms with Crippen LogP contribution in [0, 0.1) is 5.92 Å². The molecule has 0 bridgehead atoms. The standard InChI is InChI=1S/C18H23N3O3/c22-16(13-5-6-13)19-14-3-1-4-15(11-14)20-17(23)21-9-10-24-18(12-21)7-2-8-18/h1,3-4,11,13H,2,5-10,12H2,(H,19,22)(H,20,23). The monoisotopic (exact) mass is 329 g/mol. The zero-order valence-corrected chi connectivity index (χ0v) is 13.7. The van der Waals surface area contributed by atoms with Crippen LogP contribution in [0.3, 0.4) is 0 Å². The zero-order chi connectivity index (χ0) is 16.6. The van der Waals surface area contributed by atoms with Crippen molar-refractivity contribution in [2.45, 2.75) is 37.7 Å². The molecular formula is C18H23N3O3. The molecule has 2 aliphatic carbocycles. The molecule has 6 nitrogen and oxygen atoms in total. The fraction of sp³-hybridized carbons (Fsp3) is 0.556. The van der Waals surface area contributed by atoms with E-state index < -0.39 is 0 Å². The van der Waals surface area contributed by atoms with Crippen LogP contribution in [0.2, 0.25) is 0 Å². The van der Waals surface area contributed by atoms with Gasteiger partial charge in [0.2, 0.25) is 5.91 Å². The van der Waals surface area contributed by atoms with Gasteiger partial charge < -0.3 is 20.3 Å². The number of ether oxygens (including phenoxy) is 1. The predicted octanol–water partition coefficient (Wildman–Crippen LogP) is 2.82.